The number of piperidine rings is 2. The van der Waals surface area contributed by atoms with Crippen LogP contribution in [0.25, 0.3) is 0 Å². The Morgan fingerprint density at radius 2 is 1.53 bits per heavy atom. The van der Waals surface area contributed by atoms with E-state index in [-0.39, 0.29) is 29.9 Å². The number of benzene rings is 2. The Morgan fingerprint density at radius 3 is 2.21 bits per heavy atom. The second-order valence-corrected chi connectivity index (χ2v) is 11.8. The SMILES string of the molecule is O=C(Nc1ccc2c(c1)N(CC(=O)N1CCCCC1)C(=O)CO2)c1ccc(S(=O)(=O)N2CCCCC2)cc1. The molecule has 0 saturated carbocycles. The van der Waals surface area contributed by atoms with Crippen LogP contribution in [-0.2, 0) is 19.6 Å². The van der Waals surface area contributed by atoms with E-state index in [1.807, 2.05) is 0 Å². The zero-order valence-electron chi connectivity index (χ0n) is 21.2. The number of amides is 3. The minimum Gasteiger partial charge on any atom is -0.482 e. The van der Waals surface area contributed by atoms with Gasteiger partial charge in [0.2, 0.25) is 15.9 Å². The predicted molar refractivity (Wildman–Crippen MR) is 142 cm³/mol. The first-order valence-electron chi connectivity index (χ1n) is 13.1. The van der Waals surface area contributed by atoms with Crippen molar-refractivity contribution in [3.05, 3.63) is 48.0 Å². The van der Waals surface area contributed by atoms with Crippen LogP contribution in [0.5, 0.6) is 5.75 Å². The van der Waals surface area contributed by atoms with E-state index >= 15 is 0 Å². The van der Waals surface area contributed by atoms with Gasteiger partial charge in [-0.3, -0.25) is 19.3 Å². The molecule has 0 unspecified atom stereocenters. The van der Waals surface area contributed by atoms with Crippen molar-refractivity contribution in [3.63, 3.8) is 0 Å². The number of hydrogen-bond donors (Lipinski definition) is 1. The summed E-state index contributed by atoms with van der Waals surface area (Å²) in [7, 11) is -3.58. The van der Waals surface area contributed by atoms with Gasteiger partial charge in [0.15, 0.2) is 6.61 Å². The smallest absolute Gasteiger partial charge is 0.265 e. The van der Waals surface area contributed by atoms with E-state index < -0.39 is 15.9 Å². The number of sulfonamides is 1. The molecule has 3 aliphatic heterocycles. The highest BCUT2D eigenvalue weighted by Gasteiger charge is 2.30. The van der Waals surface area contributed by atoms with Crippen molar-refractivity contribution in [3.8, 4) is 5.75 Å². The van der Waals surface area contributed by atoms with Crippen molar-refractivity contribution < 1.29 is 27.5 Å². The van der Waals surface area contributed by atoms with Gasteiger partial charge in [0.25, 0.3) is 11.8 Å². The zero-order chi connectivity index (χ0) is 26.7. The number of ether oxygens (including phenoxy) is 1. The van der Waals surface area contributed by atoms with Gasteiger partial charge in [-0.15, -0.1) is 0 Å². The van der Waals surface area contributed by atoms with E-state index in [2.05, 4.69) is 5.32 Å². The average molecular weight is 541 g/mol. The third kappa shape index (κ3) is 5.53. The number of hydrogen-bond acceptors (Lipinski definition) is 6. The molecule has 3 aliphatic rings. The summed E-state index contributed by atoms with van der Waals surface area (Å²) < 4.78 is 32.8. The molecule has 0 bridgehead atoms. The summed E-state index contributed by atoms with van der Waals surface area (Å²) in [6, 6.07) is 10.8. The normalized spacial score (nSPS) is 18.5. The minimum absolute atomic E-state index is 0.0838. The summed E-state index contributed by atoms with van der Waals surface area (Å²) in [5.74, 6) is -0.399. The summed E-state index contributed by atoms with van der Waals surface area (Å²) in [6.07, 6.45) is 5.74. The van der Waals surface area contributed by atoms with Crippen molar-refractivity contribution in [1.82, 2.24) is 9.21 Å². The monoisotopic (exact) mass is 540 g/mol. The van der Waals surface area contributed by atoms with Crippen LogP contribution in [0.4, 0.5) is 11.4 Å². The third-order valence-electron chi connectivity index (χ3n) is 7.23. The molecule has 202 valence electrons. The summed E-state index contributed by atoms with van der Waals surface area (Å²) in [5, 5.41) is 2.79. The molecule has 11 heteroatoms. The van der Waals surface area contributed by atoms with Crippen LogP contribution in [0, 0.1) is 0 Å². The summed E-state index contributed by atoms with van der Waals surface area (Å²) in [5.41, 5.74) is 1.14. The molecule has 1 N–H and O–H groups in total. The minimum atomic E-state index is -3.58. The Labute approximate surface area is 222 Å². The van der Waals surface area contributed by atoms with E-state index in [1.54, 1.807) is 23.1 Å². The molecule has 38 heavy (non-hydrogen) atoms. The molecule has 5 rings (SSSR count). The van der Waals surface area contributed by atoms with Crippen molar-refractivity contribution in [2.24, 2.45) is 0 Å². The quantitative estimate of drug-likeness (QED) is 0.602. The van der Waals surface area contributed by atoms with Gasteiger partial charge in [-0.05, 0) is 74.6 Å². The molecule has 2 aromatic carbocycles. The van der Waals surface area contributed by atoms with Gasteiger partial charge >= 0.3 is 0 Å². The Kier molecular flexibility index (Phi) is 7.66. The van der Waals surface area contributed by atoms with Crippen LogP contribution in [-0.4, -0.2) is 74.7 Å². The van der Waals surface area contributed by atoms with Gasteiger partial charge in [-0.2, -0.15) is 4.31 Å². The van der Waals surface area contributed by atoms with E-state index in [4.69, 9.17) is 4.74 Å². The van der Waals surface area contributed by atoms with Crippen LogP contribution in [0.3, 0.4) is 0 Å². The first-order valence-corrected chi connectivity index (χ1v) is 14.5. The molecule has 2 aromatic rings. The fraction of sp³-hybridized carbons (Fsp3) is 0.444. The maximum atomic E-state index is 12.9. The molecule has 2 fully saturated rings. The maximum Gasteiger partial charge on any atom is 0.265 e. The van der Waals surface area contributed by atoms with Crippen molar-refractivity contribution in [2.75, 3.05) is 49.5 Å². The first kappa shape index (κ1) is 26.2. The fourth-order valence-corrected chi connectivity index (χ4v) is 6.58. The van der Waals surface area contributed by atoms with Gasteiger partial charge in [-0.1, -0.05) is 6.42 Å². The van der Waals surface area contributed by atoms with Gasteiger partial charge in [0.05, 0.1) is 10.6 Å². The van der Waals surface area contributed by atoms with E-state index in [0.717, 1.165) is 38.5 Å². The van der Waals surface area contributed by atoms with Crippen LogP contribution in [0.15, 0.2) is 47.4 Å². The number of carbonyl (C=O) groups excluding carboxylic acids is 3. The van der Waals surface area contributed by atoms with Crippen LogP contribution < -0.4 is 15.0 Å². The highest BCUT2D eigenvalue weighted by molar-refractivity contribution is 7.89. The topological polar surface area (TPSA) is 116 Å². The maximum absolute atomic E-state index is 12.9. The number of likely N-dealkylation sites (tertiary alicyclic amines) is 1. The zero-order valence-corrected chi connectivity index (χ0v) is 22.0. The molecule has 0 atom stereocenters. The molecular formula is C27H32N4O6S. The molecule has 0 spiro atoms. The number of anilines is 2. The second-order valence-electron chi connectivity index (χ2n) is 9.84. The lowest BCUT2D eigenvalue weighted by molar-refractivity contribution is -0.132. The molecule has 10 nitrogen and oxygen atoms in total. The number of nitrogens with one attached hydrogen (secondary N) is 1. The molecular weight excluding hydrogens is 508 g/mol. The molecule has 0 aromatic heterocycles. The molecule has 3 amide bonds. The van der Waals surface area contributed by atoms with Gasteiger partial charge < -0.3 is 15.0 Å². The Balaban J connectivity index is 1.29. The Hall–Kier alpha value is -3.44. The lowest BCUT2D eigenvalue weighted by atomic mass is 10.1. The van der Waals surface area contributed by atoms with Gasteiger partial charge in [0.1, 0.15) is 12.3 Å². The van der Waals surface area contributed by atoms with Crippen LogP contribution >= 0.6 is 0 Å². The molecule has 2 saturated heterocycles. The summed E-state index contributed by atoms with van der Waals surface area (Å²) in [4.78, 5) is 41.8. The summed E-state index contributed by atoms with van der Waals surface area (Å²) in [6.45, 7) is 2.17. The van der Waals surface area contributed by atoms with Gasteiger partial charge in [0, 0.05) is 37.4 Å². The number of carbonyl (C=O) groups is 3. The highest BCUT2D eigenvalue weighted by atomic mass is 32.2. The van der Waals surface area contributed by atoms with E-state index in [9.17, 15) is 22.8 Å². The largest absolute Gasteiger partial charge is 0.482 e. The molecule has 0 radical (unpaired) electrons. The number of rotatable bonds is 6. The van der Waals surface area contributed by atoms with Crippen molar-refractivity contribution in [1.29, 1.82) is 0 Å². The lowest BCUT2D eigenvalue weighted by Gasteiger charge is -2.33. The van der Waals surface area contributed by atoms with Crippen molar-refractivity contribution >= 4 is 39.1 Å². The lowest BCUT2D eigenvalue weighted by Crippen LogP contribution is -2.47. The number of nitrogens with zero attached hydrogens (tertiary/aromatic N) is 3. The number of fused-ring (bicyclic) bond motifs is 1. The first-order chi connectivity index (χ1) is 18.3. The van der Waals surface area contributed by atoms with Crippen molar-refractivity contribution in [2.45, 2.75) is 43.4 Å². The molecule has 3 heterocycles. The predicted octanol–water partition coefficient (Wildman–Crippen LogP) is 2.85. The summed E-state index contributed by atoms with van der Waals surface area (Å²) >= 11 is 0. The second kappa shape index (κ2) is 11.1. The average Bonchev–Trinajstić information content (AvgIpc) is 2.95. The standard InChI is InChI=1S/C27H32N4O6S/c32-25(29-13-3-1-4-14-29)18-31-23-17-21(9-12-24(23)37-19-26(31)33)28-27(34)20-7-10-22(11-8-20)38(35,36)30-15-5-2-6-16-30/h7-12,17H,1-6,13-16,18-19H2,(H,28,34). The Bertz CT molecular complexity index is 1320. The van der Waals surface area contributed by atoms with E-state index in [0.29, 0.717) is 48.9 Å². The highest BCUT2D eigenvalue weighted by Crippen LogP contribution is 2.35. The molecule has 0 aliphatic carbocycles. The van der Waals surface area contributed by atoms with Gasteiger partial charge in [-0.25, -0.2) is 8.42 Å². The van der Waals surface area contributed by atoms with Crippen LogP contribution in [0.1, 0.15) is 48.9 Å². The fourth-order valence-electron chi connectivity index (χ4n) is 5.07. The Morgan fingerprint density at radius 1 is 0.868 bits per heavy atom. The third-order valence-corrected chi connectivity index (χ3v) is 9.14. The van der Waals surface area contributed by atoms with E-state index in [1.165, 1.54) is 33.5 Å². The van der Waals surface area contributed by atoms with Crippen LogP contribution in [0.2, 0.25) is 0 Å².